The molecule has 9 heteroatoms. The van der Waals surface area contributed by atoms with Gasteiger partial charge in [-0.05, 0) is 67.4 Å². The van der Waals surface area contributed by atoms with Crippen molar-refractivity contribution >= 4 is 22.7 Å². The van der Waals surface area contributed by atoms with Gasteiger partial charge < -0.3 is 28.4 Å². The molecule has 198 valence electrons. The molecule has 1 aromatic heterocycles. The Balaban J connectivity index is 1.51. The summed E-state index contributed by atoms with van der Waals surface area (Å²) in [4.78, 5) is 17.0. The van der Waals surface area contributed by atoms with Gasteiger partial charge in [0.05, 0.1) is 34.0 Å². The molecule has 1 N–H and O–H groups in total. The van der Waals surface area contributed by atoms with Crippen LogP contribution in [0.15, 0.2) is 54.7 Å². The molecule has 0 aliphatic carbocycles. The summed E-state index contributed by atoms with van der Waals surface area (Å²) >= 11 is 0. The number of carbonyl (C=O) groups is 1. The van der Waals surface area contributed by atoms with Crippen LogP contribution in [0.4, 0.5) is 10.5 Å². The lowest BCUT2D eigenvalue weighted by Gasteiger charge is -2.17. The lowest BCUT2D eigenvalue weighted by Crippen LogP contribution is -2.15. The number of anilines is 1. The smallest absolute Gasteiger partial charge is 0.411 e. The van der Waals surface area contributed by atoms with E-state index in [0.717, 1.165) is 16.5 Å². The highest BCUT2D eigenvalue weighted by Gasteiger charge is 2.15. The first-order chi connectivity index (χ1) is 18.4. The van der Waals surface area contributed by atoms with Gasteiger partial charge in [0.15, 0.2) is 11.5 Å². The number of nitrogens with zero attached hydrogens (tertiary/aromatic N) is 1. The van der Waals surface area contributed by atoms with E-state index in [0.29, 0.717) is 51.3 Å². The largest absolute Gasteiger partial charge is 0.497 e. The van der Waals surface area contributed by atoms with Crippen LogP contribution in [-0.2, 0) is 11.3 Å². The predicted molar refractivity (Wildman–Crippen MR) is 144 cm³/mol. The zero-order valence-electron chi connectivity index (χ0n) is 22.2. The van der Waals surface area contributed by atoms with E-state index in [1.54, 1.807) is 77.1 Å². The number of methoxy groups -OCH3 is 4. The molecule has 0 saturated carbocycles. The van der Waals surface area contributed by atoms with Gasteiger partial charge in [-0.3, -0.25) is 10.3 Å². The van der Waals surface area contributed by atoms with Crippen molar-refractivity contribution in [1.82, 2.24) is 4.98 Å². The molecule has 0 saturated heterocycles. The first-order valence-electron chi connectivity index (χ1n) is 11.8. The Hall–Kier alpha value is -4.66. The maximum absolute atomic E-state index is 12.6. The molecule has 0 fully saturated rings. The van der Waals surface area contributed by atoms with Crippen LogP contribution in [-0.4, -0.2) is 39.5 Å². The second kappa shape index (κ2) is 11.6. The Bertz CT molecular complexity index is 1470. The monoisotopic (exact) mass is 518 g/mol. The van der Waals surface area contributed by atoms with Crippen LogP contribution in [0.5, 0.6) is 34.5 Å². The SMILES string of the molecule is COc1ccc(OC)c(COC(=O)Nc2ccc(Oc3ccnc4cc(OC)c(OC)cc34)c(C)c2C)c1. The number of rotatable bonds is 9. The van der Waals surface area contributed by atoms with Gasteiger partial charge in [0.2, 0.25) is 0 Å². The number of hydrogen-bond acceptors (Lipinski definition) is 8. The molecule has 0 radical (unpaired) electrons. The van der Waals surface area contributed by atoms with Crippen molar-refractivity contribution in [3.05, 3.63) is 71.4 Å². The summed E-state index contributed by atoms with van der Waals surface area (Å²) in [7, 11) is 6.29. The number of carbonyl (C=O) groups excluding carboxylic acids is 1. The van der Waals surface area contributed by atoms with Crippen LogP contribution >= 0.6 is 0 Å². The summed E-state index contributed by atoms with van der Waals surface area (Å²) < 4.78 is 33.1. The van der Waals surface area contributed by atoms with E-state index in [1.165, 1.54) is 0 Å². The third-order valence-corrected chi connectivity index (χ3v) is 6.25. The van der Waals surface area contributed by atoms with E-state index in [9.17, 15) is 4.79 Å². The van der Waals surface area contributed by atoms with E-state index in [4.69, 9.17) is 28.4 Å². The number of hydrogen-bond donors (Lipinski definition) is 1. The predicted octanol–water partition coefficient (Wildman–Crippen LogP) is 6.43. The lowest BCUT2D eigenvalue weighted by molar-refractivity contribution is 0.154. The number of aromatic nitrogens is 1. The minimum Gasteiger partial charge on any atom is -0.497 e. The normalized spacial score (nSPS) is 10.6. The van der Waals surface area contributed by atoms with Crippen molar-refractivity contribution < 1.29 is 33.2 Å². The summed E-state index contributed by atoms with van der Waals surface area (Å²) in [5.41, 5.74) is 3.72. The number of pyridine rings is 1. The zero-order chi connectivity index (χ0) is 27.2. The van der Waals surface area contributed by atoms with Crippen molar-refractivity contribution in [2.45, 2.75) is 20.5 Å². The van der Waals surface area contributed by atoms with Gasteiger partial charge in [-0.25, -0.2) is 4.79 Å². The second-order valence-electron chi connectivity index (χ2n) is 8.38. The van der Waals surface area contributed by atoms with Gasteiger partial charge in [0, 0.05) is 28.9 Å². The molecule has 4 rings (SSSR count). The van der Waals surface area contributed by atoms with Crippen molar-refractivity contribution in [2.24, 2.45) is 0 Å². The molecule has 0 aliphatic rings. The molecule has 3 aromatic carbocycles. The molecule has 1 heterocycles. The van der Waals surface area contributed by atoms with Gasteiger partial charge in [-0.15, -0.1) is 0 Å². The van der Waals surface area contributed by atoms with E-state index < -0.39 is 6.09 Å². The fourth-order valence-corrected chi connectivity index (χ4v) is 3.98. The highest BCUT2D eigenvalue weighted by molar-refractivity contribution is 5.89. The van der Waals surface area contributed by atoms with Crippen molar-refractivity contribution in [3.63, 3.8) is 0 Å². The molecule has 0 spiro atoms. The molecule has 0 atom stereocenters. The molecule has 4 aromatic rings. The van der Waals surface area contributed by atoms with Gasteiger partial charge in [-0.1, -0.05) is 0 Å². The fourth-order valence-electron chi connectivity index (χ4n) is 3.98. The van der Waals surface area contributed by atoms with Crippen molar-refractivity contribution in [1.29, 1.82) is 0 Å². The van der Waals surface area contributed by atoms with Crippen LogP contribution in [0, 0.1) is 13.8 Å². The highest BCUT2D eigenvalue weighted by Crippen LogP contribution is 2.38. The number of amides is 1. The Morgan fingerprint density at radius 2 is 1.47 bits per heavy atom. The Labute approximate surface area is 221 Å². The minimum atomic E-state index is -0.591. The fraction of sp³-hybridized carbons (Fsp3) is 0.241. The summed E-state index contributed by atoms with van der Waals surface area (Å²) in [5.74, 6) is 3.67. The Kier molecular flexibility index (Phi) is 8.06. The van der Waals surface area contributed by atoms with Crippen LogP contribution in [0.1, 0.15) is 16.7 Å². The summed E-state index contributed by atoms with van der Waals surface area (Å²) in [5, 5.41) is 3.59. The van der Waals surface area contributed by atoms with Gasteiger partial charge in [0.25, 0.3) is 0 Å². The first kappa shape index (κ1) is 26.4. The van der Waals surface area contributed by atoms with Crippen molar-refractivity contribution in [3.8, 4) is 34.5 Å². The topological polar surface area (TPSA) is 97.4 Å². The lowest BCUT2D eigenvalue weighted by atomic mass is 10.1. The van der Waals surface area contributed by atoms with Crippen LogP contribution in [0.3, 0.4) is 0 Å². The Morgan fingerprint density at radius 3 is 2.18 bits per heavy atom. The van der Waals surface area contributed by atoms with Crippen LogP contribution in [0.2, 0.25) is 0 Å². The summed E-state index contributed by atoms with van der Waals surface area (Å²) in [6.45, 7) is 3.85. The third kappa shape index (κ3) is 5.51. The molecule has 0 unspecified atom stereocenters. The average molecular weight is 519 g/mol. The van der Waals surface area contributed by atoms with Crippen LogP contribution in [0.25, 0.3) is 10.9 Å². The Morgan fingerprint density at radius 1 is 0.763 bits per heavy atom. The summed E-state index contributed by atoms with van der Waals surface area (Å²) in [6.07, 6.45) is 1.09. The molecular weight excluding hydrogens is 488 g/mol. The van der Waals surface area contributed by atoms with Gasteiger partial charge >= 0.3 is 6.09 Å². The van der Waals surface area contributed by atoms with E-state index in [1.807, 2.05) is 19.9 Å². The quantitative estimate of drug-likeness (QED) is 0.271. The summed E-state index contributed by atoms with van der Waals surface area (Å²) in [6, 6.07) is 14.3. The van der Waals surface area contributed by atoms with E-state index >= 15 is 0 Å². The van der Waals surface area contributed by atoms with Crippen LogP contribution < -0.4 is 29.0 Å². The number of nitrogens with one attached hydrogen (secondary N) is 1. The first-order valence-corrected chi connectivity index (χ1v) is 11.8. The second-order valence-corrected chi connectivity index (χ2v) is 8.38. The van der Waals surface area contributed by atoms with E-state index in [2.05, 4.69) is 10.3 Å². The number of ether oxygens (including phenoxy) is 6. The third-order valence-electron chi connectivity index (χ3n) is 6.25. The molecule has 9 nitrogen and oxygen atoms in total. The molecule has 1 amide bonds. The number of fused-ring (bicyclic) bond motifs is 1. The average Bonchev–Trinajstić information content (AvgIpc) is 2.94. The molecule has 0 bridgehead atoms. The van der Waals surface area contributed by atoms with Gasteiger partial charge in [-0.2, -0.15) is 0 Å². The highest BCUT2D eigenvalue weighted by atomic mass is 16.5. The molecule has 0 aliphatic heterocycles. The van der Waals surface area contributed by atoms with E-state index in [-0.39, 0.29) is 6.61 Å². The van der Waals surface area contributed by atoms with Crippen molar-refractivity contribution in [2.75, 3.05) is 33.8 Å². The molecular formula is C29H30N2O7. The van der Waals surface area contributed by atoms with Gasteiger partial charge in [0.1, 0.15) is 29.6 Å². The maximum Gasteiger partial charge on any atom is 0.411 e. The maximum atomic E-state index is 12.6. The molecule has 38 heavy (non-hydrogen) atoms. The minimum absolute atomic E-state index is 0.0226. The zero-order valence-corrected chi connectivity index (χ0v) is 22.2. The standard InChI is InChI=1S/C29H30N2O7/c1-17-18(2)24(38-26-11-12-30-23-15-28(36-6)27(35-5)14-21(23)26)10-8-22(17)31-29(32)37-16-19-13-20(33-3)7-9-25(19)34-4/h7-15H,16H2,1-6H3,(H,31,32). The number of benzene rings is 3.